The molecule has 3 N–H and O–H groups in total. The van der Waals surface area contributed by atoms with Gasteiger partial charge in [-0.1, -0.05) is 12.1 Å². The number of sulfonamides is 1. The van der Waals surface area contributed by atoms with Gasteiger partial charge < -0.3 is 15.4 Å². The van der Waals surface area contributed by atoms with E-state index in [0.717, 1.165) is 21.8 Å². The topological polar surface area (TPSA) is 91.8 Å². The van der Waals surface area contributed by atoms with Crippen LogP contribution in [-0.4, -0.2) is 40.6 Å². The van der Waals surface area contributed by atoms with Crippen molar-refractivity contribution in [2.75, 3.05) is 20.1 Å². The Morgan fingerprint density at radius 1 is 1.14 bits per heavy atom. The molecule has 0 aliphatic heterocycles. The summed E-state index contributed by atoms with van der Waals surface area (Å²) in [5.41, 5.74) is 2.17. The van der Waals surface area contributed by atoms with E-state index in [1.165, 1.54) is 11.3 Å². The Labute approximate surface area is 177 Å². The zero-order chi connectivity index (χ0) is 21.4. The van der Waals surface area contributed by atoms with Gasteiger partial charge in [-0.3, -0.25) is 4.99 Å². The Bertz CT molecular complexity index is 937. The number of aliphatic imine (C=N–C) groups is 1. The van der Waals surface area contributed by atoms with Gasteiger partial charge in [-0.25, -0.2) is 13.1 Å². The highest BCUT2D eigenvalue weighted by Crippen LogP contribution is 2.22. The van der Waals surface area contributed by atoms with E-state index in [9.17, 15) is 8.42 Å². The van der Waals surface area contributed by atoms with Gasteiger partial charge in [0.25, 0.3) is 0 Å². The summed E-state index contributed by atoms with van der Waals surface area (Å²) in [4.78, 5) is 5.15. The summed E-state index contributed by atoms with van der Waals surface area (Å²) in [5.74, 6) is 1.44. The Balaban J connectivity index is 1.84. The van der Waals surface area contributed by atoms with Gasteiger partial charge in [0.2, 0.25) is 10.0 Å². The lowest BCUT2D eigenvalue weighted by molar-refractivity contribution is 0.239. The smallest absolute Gasteiger partial charge is 0.250 e. The molecule has 2 rings (SSSR count). The predicted octanol–water partition coefficient (Wildman–Crippen LogP) is 2.80. The molecular formula is C20H30N4O3S2. The van der Waals surface area contributed by atoms with Gasteiger partial charge in [-0.05, 0) is 51.5 Å². The van der Waals surface area contributed by atoms with Crippen molar-refractivity contribution in [1.82, 2.24) is 15.4 Å². The highest BCUT2D eigenvalue weighted by Gasteiger charge is 2.15. The molecule has 0 amide bonds. The SMILES string of the molecule is CN=C(NCCNS(=O)(=O)c1ccc(C)s1)NCc1ccc(C)cc1OC(C)C. The Morgan fingerprint density at radius 2 is 1.90 bits per heavy atom. The number of rotatable bonds is 9. The molecule has 1 heterocycles. The Kier molecular flexibility index (Phi) is 8.48. The lowest BCUT2D eigenvalue weighted by atomic mass is 10.1. The Morgan fingerprint density at radius 3 is 2.52 bits per heavy atom. The van der Waals surface area contributed by atoms with Crippen LogP contribution in [0, 0.1) is 13.8 Å². The number of thiophene rings is 1. The van der Waals surface area contributed by atoms with Crippen molar-refractivity contribution < 1.29 is 13.2 Å². The molecule has 2 aromatic rings. The van der Waals surface area contributed by atoms with Gasteiger partial charge in [-0.2, -0.15) is 0 Å². The summed E-state index contributed by atoms with van der Waals surface area (Å²) in [7, 11) is -1.79. The molecule has 0 unspecified atom stereocenters. The normalized spacial score (nSPS) is 12.3. The van der Waals surface area contributed by atoms with Crippen LogP contribution in [0.5, 0.6) is 5.75 Å². The van der Waals surface area contributed by atoms with Gasteiger partial charge in [0.1, 0.15) is 9.96 Å². The lowest BCUT2D eigenvalue weighted by Crippen LogP contribution is -2.41. The second-order valence-electron chi connectivity index (χ2n) is 6.89. The minimum absolute atomic E-state index is 0.0909. The van der Waals surface area contributed by atoms with Crippen LogP contribution in [0.3, 0.4) is 0 Å². The molecule has 0 fully saturated rings. The van der Waals surface area contributed by atoms with E-state index in [1.807, 2.05) is 45.9 Å². The molecule has 160 valence electrons. The fraction of sp³-hybridized carbons (Fsp3) is 0.450. The first-order chi connectivity index (χ1) is 13.7. The van der Waals surface area contributed by atoms with E-state index in [4.69, 9.17) is 4.74 Å². The molecule has 0 bridgehead atoms. The number of guanidine groups is 1. The van der Waals surface area contributed by atoms with E-state index < -0.39 is 10.0 Å². The molecule has 29 heavy (non-hydrogen) atoms. The van der Waals surface area contributed by atoms with Crippen molar-refractivity contribution in [2.45, 2.75) is 44.6 Å². The number of hydrogen-bond acceptors (Lipinski definition) is 5. The summed E-state index contributed by atoms with van der Waals surface area (Å²) >= 11 is 1.26. The van der Waals surface area contributed by atoms with Crippen molar-refractivity contribution in [2.24, 2.45) is 4.99 Å². The zero-order valence-electron chi connectivity index (χ0n) is 17.6. The molecule has 0 aliphatic rings. The van der Waals surface area contributed by atoms with Crippen molar-refractivity contribution in [3.63, 3.8) is 0 Å². The molecule has 0 saturated carbocycles. The number of aryl methyl sites for hydroxylation is 2. The van der Waals surface area contributed by atoms with E-state index in [2.05, 4.69) is 20.3 Å². The van der Waals surface area contributed by atoms with Crippen molar-refractivity contribution >= 4 is 27.3 Å². The standard InChI is InChI=1S/C20H30N4O3S2/c1-14(2)27-18-12-15(3)6-8-17(18)13-23-20(21-5)22-10-11-24-29(25,26)19-9-7-16(4)28-19/h6-9,12,14,24H,10-11,13H2,1-5H3,(H2,21,22,23). The third kappa shape index (κ3) is 7.34. The van der Waals surface area contributed by atoms with Crippen LogP contribution in [0.15, 0.2) is 39.5 Å². The first-order valence-corrected chi connectivity index (χ1v) is 11.8. The van der Waals surface area contributed by atoms with Gasteiger partial charge in [0.05, 0.1) is 6.10 Å². The second-order valence-corrected chi connectivity index (χ2v) is 10.2. The summed E-state index contributed by atoms with van der Waals surface area (Å²) in [6.45, 7) is 9.12. The monoisotopic (exact) mass is 438 g/mol. The average Bonchev–Trinajstić information content (AvgIpc) is 3.09. The highest BCUT2D eigenvalue weighted by molar-refractivity contribution is 7.91. The van der Waals surface area contributed by atoms with Crippen LogP contribution in [0.2, 0.25) is 0 Å². The van der Waals surface area contributed by atoms with Crippen molar-refractivity contribution in [3.05, 3.63) is 46.3 Å². The molecule has 0 atom stereocenters. The molecule has 1 aromatic carbocycles. The van der Waals surface area contributed by atoms with Gasteiger partial charge in [0, 0.05) is 37.1 Å². The molecule has 9 heteroatoms. The zero-order valence-corrected chi connectivity index (χ0v) is 19.2. The van der Waals surface area contributed by atoms with E-state index in [-0.39, 0.29) is 12.6 Å². The largest absolute Gasteiger partial charge is 0.491 e. The summed E-state index contributed by atoms with van der Waals surface area (Å²) < 4.78 is 33.3. The number of ether oxygens (including phenoxy) is 1. The third-order valence-electron chi connectivity index (χ3n) is 3.95. The number of hydrogen-bond donors (Lipinski definition) is 3. The van der Waals surface area contributed by atoms with Crippen LogP contribution in [0.1, 0.15) is 29.9 Å². The van der Waals surface area contributed by atoms with Crippen LogP contribution >= 0.6 is 11.3 Å². The first kappa shape index (κ1) is 23.2. The van der Waals surface area contributed by atoms with Gasteiger partial charge in [-0.15, -0.1) is 11.3 Å². The van der Waals surface area contributed by atoms with Crippen LogP contribution in [0.25, 0.3) is 0 Å². The fourth-order valence-corrected chi connectivity index (χ4v) is 4.92. The summed E-state index contributed by atoms with van der Waals surface area (Å²) in [5, 5.41) is 6.35. The van der Waals surface area contributed by atoms with Crippen molar-refractivity contribution in [1.29, 1.82) is 0 Å². The summed E-state index contributed by atoms with van der Waals surface area (Å²) in [6, 6.07) is 9.51. The average molecular weight is 439 g/mol. The van der Waals surface area contributed by atoms with Gasteiger partial charge in [0.15, 0.2) is 5.96 Å². The van der Waals surface area contributed by atoms with Gasteiger partial charge >= 0.3 is 0 Å². The summed E-state index contributed by atoms with van der Waals surface area (Å²) in [6.07, 6.45) is 0.0909. The lowest BCUT2D eigenvalue weighted by Gasteiger charge is -2.17. The third-order valence-corrected chi connectivity index (χ3v) is 6.90. The quantitative estimate of drug-likeness (QED) is 0.318. The van der Waals surface area contributed by atoms with Crippen LogP contribution < -0.4 is 20.1 Å². The highest BCUT2D eigenvalue weighted by atomic mass is 32.2. The molecule has 0 radical (unpaired) electrons. The number of nitrogens with one attached hydrogen (secondary N) is 3. The van der Waals surface area contributed by atoms with E-state index in [0.29, 0.717) is 23.3 Å². The van der Waals surface area contributed by atoms with E-state index in [1.54, 1.807) is 19.2 Å². The maximum Gasteiger partial charge on any atom is 0.250 e. The fourth-order valence-electron chi connectivity index (χ4n) is 2.56. The molecular weight excluding hydrogens is 408 g/mol. The molecule has 7 nitrogen and oxygen atoms in total. The molecule has 0 saturated heterocycles. The van der Waals surface area contributed by atoms with E-state index >= 15 is 0 Å². The first-order valence-electron chi connectivity index (χ1n) is 9.48. The molecule has 0 spiro atoms. The number of nitrogens with zero attached hydrogens (tertiary/aromatic N) is 1. The second kappa shape index (κ2) is 10.6. The number of benzene rings is 1. The van der Waals surface area contributed by atoms with Crippen LogP contribution in [0.4, 0.5) is 0 Å². The van der Waals surface area contributed by atoms with Crippen molar-refractivity contribution in [3.8, 4) is 5.75 Å². The molecule has 1 aromatic heterocycles. The maximum atomic E-state index is 12.2. The predicted molar refractivity (Wildman–Crippen MR) is 119 cm³/mol. The maximum absolute atomic E-state index is 12.2. The Hall–Kier alpha value is -2.10. The minimum Gasteiger partial charge on any atom is -0.491 e. The molecule has 0 aliphatic carbocycles. The minimum atomic E-state index is -3.47. The van der Waals surface area contributed by atoms with Crippen LogP contribution in [-0.2, 0) is 16.6 Å².